The second-order valence-electron chi connectivity index (χ2n) is 4.95. The Bertz CT molecular complexity index is 633. The number of aliphatic hydroxyl groups excluding tert-OH is 1. The Morgan fingerprint density at radius 2 is 1.80 bits per heavy atom. The number of benzene rings is 2. The smallest absolute Gasteiger partial charge is 0.254 e. The van der Waals surface area contributed by atoms with Gasteiger partial charge in [-0.3, -0.25) is 4.79 Å². The Morgan fingerprint density at radius 3 is 2.40 bits per heavy atom. The summed E-state index contributed by atoms with van der Waals surface area (Å²) < 4.78 is 13.2. The number of nitrogens with zero attached hydrogens (tertiary/aromatic N) is 1. The van der Waals surface area contributed by atoms with E-state index in [9.17, 15) is 14.3 Å². The van der Waals surface area contributed by atoms with Crippen LogP contribution >= 0.6 is 0 Å². The van der Waals surface area contributed by atoms with Gasteiger partial charge in [-0.2, -0.15) is 0 Å². The molecule has 0 radical (unpaired) electrons. The van der Waals surface area contributed by atoms with E-state index in [0.717, 1.165) is 11.1 Å². The van der Waals surface area contributed by atoms with Crippen molar-refractivity contribution in [3.05, 3.63) is 59.9 Å². The highest BCUT2D eigenvalue weighted by molar-refractivity contribution is 5.95. The van der Waals surface area contributed by atoms with Crippen LogP contribution < -0.4 is 0 Å². The molecule has 0 unspecified atom stereocenters. The van der Waals surface area contributed by atoms with Gasteiger partial charge in [0.2, 0.25) is 0 Å². The van der Waals surface area contributed by atoms with E-state index in [0.29, 0.717) is 18.7 Å². The fourth-order valence-corrected chi connectivity index (χ4v) is 2.28. The van der Waals surface area contributed by atoms with Gasteiger partial charge in [0, 0.05) is 18.7 Å². The molecule has 3 nitrogen and oxygen atoms in total. The quantitative estimate of drug-likeness (QED) is 0.910. The summed E-state index contributed by atoms with van der Waals surface area (Å²) in [5.41, 5.74) is 2.23. The lowest BCUT2D eigenvalue weighted by Crippen LogP contribution is -2.53. The topological polar surface area (TPSA) is 40.5 Å². The summed E-state index contributed by atoms with van der Waals surface area (Å²) in [5, 5.41) is 9.20. The summed E-state index contributed by atoms with van der Waals surface area (Å²) in [7, 11) is 0. The zero-order valence-electron chi connectivity index (χ0n) is 10.8. The average molecular weight is 271 g/mol. The van der Waals surface area contributed by atoms with Gasteiger partial charge in [0.15, 0.2) is 0 Å². The fourth-order valence-electron chi connectivity index (χ4n) is 2.28. The van der Waals surface area contributed by atoms with Crippen molar-refractivity contribution < 1.29 is 14.3 Å². The molecule has 0 atom stereocenters. The predicted octanol–water partition coefficient (Wildman–Crippen LogP) is 2.31. The van der Waals surface area contributed by atoms with Crippen LogP contribution in [0, 0.1) is 5.82 Å². The maximum absolute atomic E-state index is 13.2. The van der Waals surface area contributed by atoms with Crippen LogP contribution in [-0.2, 0) is 0 Å². The molecular formula is C16H14FNO2. The number of aliphatic hydroxyl groups is 1. The van der Waals surface area contributed by atoms with E-state index in [1.165, 1.54) is 12.1 Å². The highest BCUT2D eigenvalue weighted by Crippen LogP contribution is 2.21. The van der Waals surface area contributed by atoms with Gasteiger partial charge in [0.25, 0.3) is 5.91 Å². The van der Waals surface area contributed by atoms with Crippen molar-refractivity contribution >= 4 is 5.91 Å². The zero-order chi connectivity index (χ0) is 14.1. The fraction of sp³-hybridized carbons (Fsp3) is 0.188. The minimum atomic E-state index is -0.398. The van der Waals surface area contributed by atoms with Gasteiger partial charge < -0.3 is 10.0 Å². The van der Waals surface area contributed by atoms with Crippen LogP contribution in [-0.4, -0.2) is 35.1 Å². The zero-order valence-corrected chi connectivity index (χ0v) is 10.8. The van der Waals surface area contributed by atoms with Crippen molar-refractivity contribution in [2.45, 2.75) is 6.10 Å². The lowest BCUT2D eigenvalue weighted by atomic mass is 10.0. The predicted molar refractivity (Wildman–Crippen MR) is 73.7 cm³/mol. The summed E-state index contributed by atoms with van der Waals surface area (Å²) in [4.78, 5) is 13.6. The minimum absolute atomic E-state index is 0.0823. The van der Waals surface area contributed by atoms with Crippen LogP contribution in [0.1, 0.15) is 10.4 Å². The SMILES string of the molecule is O=C(c1ccc(-c2cccc(F)c2)cc1)N1CC(O)C1. The number of carbonyl (C=O) groups is 1. The number of β-amino-alcohol motifs (C(OH)–C–C–N with tert-alkyl or cyclic N) is 1. The van der Waals surface area contributed by atoms with Crippen molar-refractivity contribution in [2.75, 3.05) is 13.1 Å². The first-order valence-electron chi connectivity index (χ1n) is 6.47. The molecule has 0 aromatic heterocycles. The summed E-state index contributed by atoms with van der Waals surface area (Å²) in [6, 6.07) is 13.4. The standard InChI is InChI=1S/C16H14FNO2/c17-14-3-1-2-13(8-14)11-4-6-12(7-5-11)16(20)18-9-15(19)10-18/h1-8,15,19H,9-10H2. The molecule has 3 rings (SSSR count). The second kappa shape index (κ2) is 5.06. The maximum atomic E-state index is 13.2. The third kappa shape index (κ3) is 2.42. The van der Waals surface area contributed by atoms with Crippen molar-refractivity contribution in [1.29, 1.82) is 0 Å². The molecule has 1 saturated heterocycles. The molecule has 0 aliphatic carbocycles. The van der Waals surface area contributed by atoms with Gasteiger partial charge in [-0.05, 0) is 35.4 Å². The number of rotatable bonds is 2. The van der Waals surface area contributed by atoms with Crippen LogP contribution in [0.5, 0.6) is 0 Å². The third-order valence-corrected chi connectivity index (χ3v) is 3.44. The van der Waals surface area contributed by atoms with Gasteiger partial charge in [-0.25, -0.2) is 4.39 Å². The summed E-state index contributed by atoms with van der Waals surface area (Å²) in [6.45, 7) is 0.787. The molecule has 4 heteroatoms. The molecule has 1 N–H and O–H groups in total. The van der Waals surface area contributed by atoms with Crippen molar-refractivity contribution in [3.8, 4) is 11.1 Å². The molecular weight excluding hydrogens is 257 g/mol. The molecule has 2 aromatic rings. The van der Waals surface area contributed by atoms with Crippen molar-refractivity contribution in [1.82, 2.24) is 4.90 Å². The lowest BCUT2D eigenvalue weighted by Gasteiger charge is -2.35. The van der Waals surface area contributed by atoms with Gasteiger partial charge in [-0.1, -0.05) is 24.3 Å². The van der Waals surface area contributed by atoms with E-state index in [2.05, 4.69) is 0 Å². The molecule has 20 heavy (non-hydrogen) atoms. The Balaban J connectivity index is 1.79. The van der Waals surface area contributed by atoms with Crippen LogP contribution in [0.4, 0.5) is 4.39 Å². The molecule has 1 aliphatic rings. The van der Waals surface area contributed by atoms with E-state index in [-0.39, 0.29) is 11.7 Å². The summed E-state index contributed by atoms with van der Waals surface area (Å²) in [5.74, 6) is -0.363. The lowest BCUT2D eigenvalue weighted by molar-refractivity contribution is 0.00590. The van der Waals surface area contributed by atoms with Crippen molar-refractivity contribution in [2.24, 2.45) is 0 Å². The Labute approximate surface area is 116 Å². The van der Waals surface area contributed by atoms with E-state index in [4.69, 9.17) is 0 Å². The number of carbonyl (C=O) groups excluding carboxylic acids is 1. The van der Waals surface area contributed by atoms with Crippen LogP contribution in [0.3, 0.4) is 0 Å². The molecule has 1 aliphatic heterocycles. The summed E-state index contributed by atoms with van der Waals surface area (Å²) >= 11 is 0. The molecule has 1 fully saturated rings. The molecule has 102 valence electrons. The van der Waals surface area contributed by atoms with E-state index in [1.54, 1.807) is 35.2 Å². The summed E-state index contributed by atoms with van der Waals surface area (Å²) in [6.07, 6.45) is -0.398. The highest BCUT2D eigenvalue weighted by Gasteiger charge is 2.29. The van der Waals surface area contributed by atoms with Gasteiger partial charge >= 0.3 is 0 Å². The Kier molecular flexibility index (Phi) is 3.24. The number of halogens is 1. The normalized spacial score (nSPS) is 15.0. The first-order valence-corrected chi connectivity index (χ1v) is 6.47. The number of hydrogen-bond donors (Lipinski definition) is 1. The minimum Gasteiger partial charge on any atom is -0.389 e. The van der Waals surface area contributed by atoms with E-state index >= 15 is 0 Å². The number of likely N-dealkylation sites (tertiary alicyclic amines) is 1. The second-order valence-corrected chi connectivity index (χ2v) is 4.95. The van der Waals surface area contributed by atoms with E-state index < -0.39 is 6.10 Å². The molecule has 0 saturated carbocycles. The molecule has 1 heterocycles. The van der Waals surface area contributed by atoms with Crippen LogP contribution in [0.15, 0.2) is 48.5 Å². The molecule has 0 spiro atoms. The molecule has 2 aromatic carbocycles. The van der Waals surface area contributed by atoms with Crippen LogP contribution in [0.2, 0.25) is 0 Å². The number of amides is 1. The number of hydrogen-bond acceptors (Lipinski definition) is 2. The largest absolute Gasteiger partial charge is 0.389 e. The van der Waals surface area contributed by atoms with Gasteiger partial charge in [0.05, 0.1) is 6.10 Å². The highest BCUT2D eigenvalue weighted by atomic mass is 19.1. The Hall–Kier alpha value is -2.20. The first-order chi connectivity index (χ1) is 9.63. The van der Waals surface area contributed by atoms with Crippen molar-refractivity contribution in [3.63, 3.8) is 0 Å². The monoisotopic (exact) mass is 271 g/mol. The average Bonchev–Trinajstić information content (AvgIpc) is 2.43. The van der Waals surface area contributed by atoms with Gasteiger partial charge in [0.1, 0.15) is 5.82 Å². The van der Waals surface area contributed by atoms with Crippen LogP contribution in [0.25, 0.3) is 11.1 Å². The molecule has 0 bridgehead atoms. The molecule has 1 amide bonds. The van der Waals surface area contributed by atoms with E-state index in [1.807, 2.05) is 6.07 Å². The third-order valence-electron chi connectivity index (χ3n) is 3.44. The maximum Gasteiger partial charge on any atom is 0.254 e. The van der Waals surface area contributed by atoms with Gasteiger partial charge in [-0.15, -0.1) is 0 Å². The first kappa shape index (κ1) is 12.8. The Morgan fingerprint density at radius 1 is 1.10 bits per heavy atom.